The summed E-state index contributed by atoms with van der Waals surface area (Å²) in [5, 5.41) is 0. The number of pyridine rings is 1. The zero-order valence-corrected chi connectivity index (χ0v) is 15.3. The van der Waals surface area contributed by atoms with Crippen molar-refractivity contribution in [3.63, 3.8) is 0 Å². The topological polar surface area (TPSA) is 54.3 Å². The lowest BCUT2D eigenvalue weighted by Gasteiger charge is -2.34. The third-order valence-corrected chi connectivity index (χ3v) is 4.91. The molecule has 0 N–H and O–H groups in total. The molecule has 0 aliphatic carbocycles. The lowest BCUT2D eigenvalue weighted by Crippen LogP contribution is -2.41. The van der Waals surface area contributed by atoms with E-state index in [9.17, 15) is 18.0 Å². The van der Waals surface area contributed by atoms with E-state index in [0.717, 1.165) is 25.0 Å². The summed E-state index contributed by atoms with van der Waals surface area (Å²) in [5.74, 6) is 1.08. The molecule has 3 rings (SSSR count). The summed E-state index contributed by atoms with van der Waals surface area (Å²) in [4.78, 5) is 24.2. The summed E-state index contributed by atoms with van der Waals surface area (Å²) < 4.78 is 40.1. The maximum absolute atomic E-state index is 12.9. The zero-order valence-electron chi connectivity index (χ0n) is 15.3. The number of aryl methyl sites for hydroxylation is 1. The Hall–Kier alpha value is -2.58. The second-order valence-electron chi connectivity index (χ2n) is 6.88. The molecular weight excluding hydrogens is 359 g/mol. The van der Waals surface area contributed by atoms with E-state index in [1.54, 1.807) is 31.4 Å². The molecule has 27 heavy (non-hydrogen) atoms. The molecule has 0 bridgehead atoms. The predicted octanol–water partition coefficient (Wildman–Crippen LogP) is 2.55. The summed E-state index contributed by atoms with van der Waals surface area (Å²) in [6.07, 6.45) is 1.71. The fourth-order valence-electron chi connectivity index (χ4n) is 3.31. The van der Waals surface area contributed by atoms with Crippen molar-refractivity contribution in [3.05, 3.63) is 46.6 Å². The van der Waals surface area contributed by atoms with Crippen LogP contribution in [0.25, 0.3) is 0 Å². The van der Waals surface area contributed by atoms with Crippen LogP contribution in [0.2, 0.25) is 0 Å². The standard InChI is InChI=1S/C18H22F3N5O/c1-24-10-7-23-16(17(24)27)26-8-4-13(5-9-26)12-25(2)15-11-14(3-6-22-15)18(19,20)21/h3,6-7,10-11,13H,4-5,8-9,12H2,1-2H3. The smallest absolute Gasteiger partial charge is 0.359 e. The van der Waals surface area contributed by atoms with E-state index >= 15 is 0 Å². The average Bonchev–Trinajstić information content (AvgIpc) is 2.64. The fourth-order valence-corrected chi connectivity index (χ4v) is 3.31. The molecule has 1 aliphatic rings. The summed E-state index contributed by atoms with van der Waals surface area (Å²) in [6.45, 7) is 2.00. The van der Waals surface area contributed by atoms with Crippen LogP contribution < -0.4 is 15.4 Å². The molecule has 1 fully saturated rings. The Kier molecular flexibility index (Phi) is 5.38. The second kappa shape index (κ2) is 7.58. The molecule has 9 heteroatoms. The molecule has 2 aromatic heterocycles. The van der Waals surface area contributed by atoms with Gasteiger partial charge in [-0.15, -0.1) is 0 Å². The van der Waals surface area contributed by atoms with Crippen molar-refractivity contribution in [1.82, 2.24) is 14.5 Å². The van der Waals surface area contributed by atoms with Gasteiger partial charge in [-0.1, -0.05) is 0 Å². The van der Waals surface area contributed by atoms with Gasteiger partial charge in [0.05, 0.1) is 5.56 Å². The molecule has 0 radical (unpaired) electrons. The van der Waals surface area contributed by atoms with E-state index in [4.69, 9.17) is 0 Å². The van der Waals surface area contributed by atoms with Gasteiger partial charge in [0.25, 0.3) is 5.56 Å². The molecule has 6 nitrogen and oxygen atoms in total. The van der Waals surface area contributed by atoms with Crippen LogP contribution in [0.5, 0.6) is 0 Å². The van der Waals surface area contributed by atoms with E-state index in [2.05, 4.69) is 9.97 Å². The molecule has 0 aromatic carbocycles. The number of nitrogens with zero attached hydrogens (tertiary/aromatic N) is 5. The van der Waals surface area contributed by atoms with Crippen LogP contribution in [0.15, 0.2) is 35.5 Å². The maximum atomic E-state index is 12.9. The molecule has 0 saturated carbocycles. The molecule has 0 spiro atoms. The third-order valence-electron chi connectivity index (χ3n) is 4.91. The lowest BCUT2D eigenvalue weighted by atomic mass is 9.96. The van der Waals surface area contributed by atoms with Crippen LogP contribution in [0.1, 0.15) is 18.4 Å². The number of piperidine rings is 1. The summed E-state index contributed by atoms with van der Waals surface area (Å²) in [5.41, 5.74) is -0.818. The van der Waals surface area contributed by atoms with Crippen LogP contribution in [0.4, 0.5) is 24.8 Å². The maximum Gasteiger partial charge on any atom is 0.416 e. The van der Waals surface area contributed by atoms with Crippen LogP contribution in [-0.4, -0.2) is 41.2 Å². The minimum atomic E-state index is -4.38. The van der Waals surface area contributed by atoms with Crippen LogP contribution in [0, 0.1) is 5.92 Å². The van der Waals surface area contributed by atoms with Gasteiger partial charge in [-0.3, -0.25) is 4.79 Å². The Morgan fingerprint density at radius 2 is 1.93 bits per heavy atom. The first kappa shape index (κ1) is 19.2. The average molecular weight is 381 g/mol. The van der Waals surface area contributed by atoms with Gasteiger partial charge >= 0.3 is 6.18 Å². The largest absolute Gasteiger partial charge is 0.416 e. The first-order valence-corrected chi connectivity index (χ1v) is 8.76. The lowest BCUT2D eigenvalue weighted by molar-refractivity contribution is -0.137. The SMILES string of the molecule is CN(CC1CCN(c2nccn(C)c2=O)CC1)c1cc(C(F)(F)F)ccn1. The summed E-state index contributed by atoms with van der Waals surface area (Å²) in [7, 11) is 3.45. The van der Waals surface area contributed by atoms with Crippen molar-refractivity contribution in [2.75, 3.05) is 36.5 Å². The highest BCUT2D eigenvalue weighted by atomic mass is 19.4. The number of halogens is 3. The van der Waals surface area contributed by atoms with Crippen molar-refractivity contribution in [2.45, 2.75) is 19.0 Å². The Labute approximate surface area is 155 Å². The van der Waals surface area contributed by atoms with Gasteiger partial charge < -0.3 is 14.4 Å². The quantitative estimate of drug-likeness (QED) is 0.815. The number of aromatic nitrogens is 3. The Balaban J connectivity index is 1.61. The molecular formula is C18H22F3N5O. The van der Waals surface area contributed by atoms with Gasteiger partial charge in [-0.2, -0.15) is 13.2 Å². The highest BCUT2D eigenvalue weighted by Crippen LogP contribution is 2.31. The van der Waals surface area contributed by atoms with Crippen molar-refractivity contribution >= 4 is 11.6 Å². The number of rotatable bonds is 4. The van der Waals surface area contributed by atoms with Gasteiger partial charge in [0.15, 0.2) is 5.82 Å². The first-order valence-electron chi connectivity index (χ1n) is 8.76. The van der Waals surface area contributed by atoms with Gasteiger partial charge in [-0.05, 0) is 30.9 Å². The number of hydrogen-bond donors (Lipinski definition) is 0. The molecule has 1 saturated heterocycles. The van der Waals surface area contributed by atoms with Gasteiger partial charge in [0.2, 0.25) is 0 Å². The first-order chi connectivity index (χ1) is 12.8. The molecule has 0 unspecified atom stereocenters. The second-order valence-corrected chi connectivity index (χ2v) is 6.88. The molecule has 0 atom stereocenters. The van der Waals surface area contributed by atoms with Crippen LogP contribution in [0.3, 0.4) is 0 Å². The Bertz CT molecular complexity index is 843. The summed E-state index contributed by atoms with van der Waals surface area (Å²) in [6, 6.07) is 2.05. The number of anilines is 2. The minimum absolute atomic E-state index is 0.124. The van der Waals surface area contributed by atoms with E-state index in [0.29, 0.717) is 37.2 Å². The van der Waals surface area contributed by atoms with Crippen molar-refractivity contribution < 1.29 is 13.2 Å². The van der Waals surface area contributed by atoms with E-state index in [-0.39, 0.29) is 5.56 Å². The fraction of sp³-hybridized carbons (Fsp3) is 0.500. The third kappa shape index (κ3) is 4.40. The number of alkyl halides is 3. The molecule has 1 aliphatic heterocycles. The highest BCUT2D eigenvalue weighted by Gasteiger charge is 2.31. The molecule has 0 amide bonds. The van der Waals surface area contributed by atoms with Crippen LogP contribution >= 0.6 is 0 Å². The minimum Gasteiger partial charge on any atom is -0.359 e. The van der Waals surface area contributed by atoms with E-state index in [1.807, 2.05) is 4.90 Å². The number of hydrogen-bond acceptors (Lipinski definition) is 5. The van der Waals surface area contributed by atoms with Crippen LogP contribution in [-0.2, 0) is 13.2 Å². The van der Waals surface area contributed by atoms with E-state index < -0.39 is 11.7 Å². The van der Waals surface area contributed by atoms with Crippen molar-refractivity contribution in [2.24, 2.45) is 13.0 Å². The van der Waals surface area contributed by atoms with Gasteiger partial charge in [0.1, 0.15) is 5.82 Å². The Morgan fingerprint density at radius 1 is 1.22 bits per heavy atom. The highest BCUT2D eigenvalue weighted by molar-refractivity contribution is 5.41. The van der Waals surface area contributed by atoms with Crippen molar-refractivity contribution in [1.29, 1.82) is 0 Å². The molecule has 2 aromatic rings. The zero-order chi connectivity index (χ0) is 19.6. The van der Waals surface area contributed by atoms with Gasteiger partial charge in [0, 0.05) is 52.3 Å². The van der Waals surface area contributed by atoms with E-state index in [1.165, 1.54) is 10.8 Å². The molecule has 146 valence electrons. The molecule has 3 heterocycles. The van der Waals surface area contributed by atoms with Gasteiger partial charge in [-0.25, -0.2) is 9.97 Å². The summed E-state index contributed by atoms with van der Waals surface area (Å²) >= 11 is 0. The van der Waals surface area contributed by atoms with Crippen molar-refractivity contribution in [3.8, 4) is 0 Å². The monoisotopic (exact) mass is 381 g/mol. The predicted molar refractivity (Wildman–Crippen MR) is 96.9 cm³/mol. The normalized spacial score (nSPS) is 15.8. The Morgan fingerprint density at radius 3 is 2.59 bits per heavy atom.